The summed E-state index contributed by atoms with van der Waals surface area (Å²) in [6.07, 6.45) is 2.65. The number of nitrogens with zero attached hydrogens (tertiary/aromatic N) is 2. The summed E-state index contributed by atoms with van der Waals surface area (Å²) in [7, 11) is 0. The van der Waals surface area contributed by atoms with Crippen molar-refractivity contribution < 1.29 is 19.1 Å². The number of rotatable bonds is 16. The summed E-state index contributed by atoms with van der Waals surface area (Å²) >= 11 is 1.56. The van der Waals surface area contributed by atoms with Crippen LogP contribution < -0.4 is 16.0 Å². The van der Waals surface area contributed by atoms with Gasteiger partial charge in [0.25, 0.3) is 0 Å². The van der Waals surface area contributed by atoms with E-state index in [9.17, 15) is 14.4 Å². The summed E-state index contributed by atoms with van der Waals surface area (Å²) in [5.74, 6) is 0.384. The van der Waals surface area contributed by atoms with Crippen molar-refractivity contribution in [2.45, 2.75) is 91.6 Å². The highest BCUT2D eigenvalue weighted by molar-refractivity contribution is 7.18. The first kappa shape index (κ1) is 33.9. The third kappa shape index (κ3) is 10.3. The number of thiazole rings is 1. The van der Waals surface area contributed by atoms with E-state index in [2.05, 4.69) is 67.6 Å². The monoisotopic (exact) mass is 601 g/mol. The van der Waals surface area contributed by atoms with Crippen LogP contribution in [-0.2, 0) is 25.5 Å². The van der Waals surface area contributed by atoms with Gasteiger partial charge in [-0.25, -0.2) is 4.98 Å². The minimum atomic E-state index is -0.755. The van der Waals surface area contributed by atoms with Gasteiger partial charge in [0, 0.05) is 51.6 Å². The van der Waals surface area contributed by atoms with Gasteiger partial charge in [-0.2, -0.15) is 0 Å². The maximum absolute atomic E-state index is 13.7. The molecule has 0 bridgehead atoms. The van der Waals surface area contributed by atoms with Crippen molar-refractivity contribution >= 4 is 39.3 Å². The highest BCUT2D eigenvalue weighted by Crippen LogP contribution is 2.27. The largest absolute Gasteiger partial charge is 0.381 e. The standard InChI is InChI=1S/C32H51N5O4S/c1-7-29(38)34-26(18-31-35-25-11-10-24(21(4)5)17-28(25)42-31)32(40)36-27(23-12-14-41-15-13-23)19-33-30(39)16-22(6)20-37(8-2)9-3/h10-11,17,21-23,26-27H,7-9,12-16,18-20H2,1-6H3,(H,33,39)(H,34,38)(H,36,40)/t22?,26-,27+/m0/s1. The Morgan fingerprint density at radius 2 is 1.76 bits per heavy atom. The summed E-state index contributed by atoms with van der Waals surface area (Å²) in [6, 6.07) is 5.27. The van der Waals surface area contributed by atoms with Crippen molar-refractivity contribution in [3.05, 3.63) is 28.8 Å². The van der Waals surface area contributed by atoms with E-state index < -0.39 is 6.04 Å². The van der Waals surface area contributed by atoms with Gasteiger partial charge in [0.1, 0.15) is 6.04 Å². The fourth-order valence-corrected chi connectivity index (χ4v) is 6.51. The zero-order chi connectivity index (χ0) is 30.6. The molecule has 10 heteroatoms. The van der Waals surface area contributed by atoms with Crippen LogP contribution in [0.1, 0.15) is 83.7 Å². The Bertz CT molecular complexity index is 1160. The molecular formula is C32H51N5O4S. The number of fused-ring (bicyclic) bond motifs is 1. The van der Waals surface area contributed by atoms with Gasteiger partial charge in [-0.15, -0.1) is 11.3 Å². The molecule has 3 atom stereocenters. The number of carbonyl (C=O) groups excluding carboxylic acids is 3. The average Bonchev–Trinajstić information content (AvgIpc) is 3.39. The summed E-state index contributed by atoms with van der Waals surface area (Å²) in [4.78, 5) is 46.1. The first-order valence-electron chi connectivity index (χ1n) is 15.7. The predicted molar refractivity (Wildman–Crippen MR) is 170 cm³/mol. The van der Waals surface area contributed by atoms with Crippen LogP contribution in [0.2, 0.25) is 0 Å². The molecule has 1 aromatic heterocycles. The summed E-state index contributed by atoms with van der Waals surface area (Å²) in [5.41, 5.74) is 2.15. The molecule has 0 saturated carbocycles. The van der Waals surface area contributed by atoms with Gasteiger partial charge in [0.15, 0.2) is 0 Å². The number of nitrogens with one attached hydrogen (secondary N) is 3. The van der Waals surface area contributed by atoms with E-state index >= 15 is 0 Å². The highest BCUT2D eigenvalue weighted by Gasteiger charge is 2.30. The third-order valence-corrected chi connectivity index (χ3v) is 9.20. The Morgan fingerprint density at radius 1 is 1.05 bits per heavy atom. The van der Waals surface area contributed by atoms with E-state index in [0.717, 1.165) is 47.7 Å². The van der Waals surface area contributed by atoms with Gasteiger partial charge >= 0.3 is 0 Å². The maximum atomic E-state index is 13.7. The second kappa shape index (κ2) is 16.9. The summed E-state index contributed by atoms with van der Waals surface area (Å²) < 4.78 is 6.65. The van der Waals surface area contributed by atoms with Gasteiger partial charge in [0.2, 0.25) is 17.7 Å². The SMILES string of the molecule is CCC(=O)N[C@@H](Cc1nc2ccc(C(C)C)cc2s1)C(=O)N[C@H](CNC(=O)CC(C)CN(CC)CC)C1CCOCC1. The fraction of sp³-hybridized carbons (Fsp3) is 0.688. The minimum Gasteiger partial charge on any atom is -0.381 e. The third-order valence-electron chi connectivity index (χ3n) is 8.15. The van der Waals surface area contributed by atoms with Crippen LogP contribution in [0, 0.1) is 11.8 Å². The van der Waals surface area contributed by atoms with Gasteiger partial charge in [-0.3, -0.25) is 14.4 Å². The van der Waals surface area contributed by atoms with Crippen molar-refractivity contribution in [1.82, 2.24) is 25.8 Å². The first-order valence-corrected chi connectivity index (χ1v) is 16.5. The normalized spacial score (nSPS) is 16.4. The van der Waals surface area contributed by atoms with Gasteiger partial charge in [-0.05, 0) is 61.4 Å². The van der Waals surface area contributed by atoms with E-state index in [0.29, 0.717) is 38.5 Å². The van der Waals surface area contributed by atoms with Crippen LogP contribution in [0.5, 0.6) is 0 Å². The highest BCUT2D eigenvalue weighted by atomic mass is 32.1. The number of carbonyl (C=O) groups is 3. The number of ether oxygens (including phenoxy) is 1. The molecule has 234 valence electrons. The molecule has 1 saturated heterocycles. The number of hydrogen-bond donors (Lipinski definition) is 3. The lowest BCUT2D eigenvalue weighted by molar-refractivity contribution is -0.129. The molecule has 42 heavy (non-hydrogen) atoms. The quantitative estimate of drug-likeness (QED) is 0.265. The second-order valence-electron chi connectivity index (χ2n) is 11.8. The molecule has 2 aromatic rings. The second-order valence-corrected chi connectivity index (χ2v) is 12.9. The Hall–Kier alpha value is -2.56. The van der Waals surface area contributed by atoms with Gasteiger partial charge in [0.05, 0.1) is 15.2 Å². The average molecular weight is 602 g/mol. The molecule has 2 heterocycles. The molecule has 3 rings (SSSR count). The van der Waals surface area contributed by atoms with E-state index in [1.165, 1.54) is 5.56 Å². The molecule has 3 N–H and O–H groups in total. The molecule has 1 fully saturated rings. The van der Waals surface area contributed by atoms with E-state index in [-0.39, 0.29) is 42.0 Å². The maximum Gasteiger partial charge on any atom is 0.243 e. The van der Waals surface area contributed by atoms with Crippen molar-refractivity contribution in [1.29, 1.82) is 0 Å². The lowest BCUT2D eigenvalue weighted by Gasteiger charge is -2.32. The number of amides is 3. The number of benzene rings is 1. The Morgan fingerprint density at radius 3 is 2.40 bits per heavy atom. The molecule has 1 aliphatic heterocycles. The molecular weight excluding hydrogens is 550 g/mol. The Balaban J connectivity index is 1.70. The topological polar surface area (TPSA) is 113 Å². The van der Waals surface area contributed by atoms with E-state index in [4.69, 9.17) is 9.72 Å². The van der Waals surface area contributed by atoms with E-state index in [1.807, 2.05) is 6.07 Å². The van der Waals surface area contributed by atoms with Crippen LogP contribution in [0.3, 0.4) is 0 Å². The first-order chi connectivity index (χ1) is 20.1. The summed E-state index contributed by atoms with van der Waals surface area (Å²) in [5, 5.41) is 10.0. The van der Waals surface area contributed by atoms with Crippen molar-refractivity contribution in [3.63, 3.8) is 0 Å². The van der Waals surface area contributed by atoms with Crippen LogP contribution in [-0.4, -0.2) is 79.1 Å². The van der Waals surface area contributed by atoms with Crippen LogP contribution in [0.4, 0.5) is 0 Å². The lowest BCUT2D eigenvalue weighted by atomic mass is 9.91. The molecule has 9 nitrogen and oxygen atoms in total. The fourth-order valence-electron chi connectivity index (χ4n) is 5.45. The smallest absolute Gasteiger partial charge is 0.243 e. The molecule has 1 unspecified atom stereocenters. The number of aromatic nitrogens is 1. The molecule has 0 spiro atoms. The van der Waals surface area contributed by atoms with Crippen LogP contribution in [0.15, 0.2) is 18.2 Å². The lowest BCUT2D eigenvalue weighted by Crippen LogP contribution is -2.55. The molecule has 0 aliphatic carbocycles. The van der Waals surface area contributed by atoms with E-state index in [1.54, 1.807) is 18.3 Å². The minimum absolute atomic E-state index is 0.00737. The molecule has 1 aromatic carbocycles. The Labute approximate surface area is 255 Å². The van der Waals surface area contributed by atoms with Crippen molar-refractivity contribution in [2.24, 2.45) is 11.8 Å². The Kier molecular flexibility index (Phi) is 13.7. The molecule has 0 radical (unpaired) electrons. The van der Waals surface area contributed by atoms with Crippen molar-refractivity contribution in [3.8, 4) is 0 Å². The van der Waals surface area contributed by atoms with Crippen LogP contribution >= 0.6 is 11.3 Å². The van der Waals surface area contributed by atoms with Gasteiger partial charge < -0.3 is 25.6 Å². The molecule has 1 aliphatic rings. The van der Waals surface area contributed by atoms with Gasteiger partial charge in [-0.1, -0.05) is 47.6 Å². The van der Waals surface area contributed by atoms with Crippen LogP contribution in [0.25, 0.3) is 10.2 Å². The zero-order valence-corrected chi connectivity index (χ0v) is 27.1. The predicted octanol–water partition coefficient (Wildman–Crippen LogP) is 4.25. The number of hydrogen-bond acceptors (Lipinski definition) is 7. The molecule has 3 amide bonds. The zero-order valence-electron chi connectivity index (χ0n) is 26.3. The van der Waals surface area contributed by atoms with Crippen molar-refractivity contribution in [2.75, 3.05) is 39.4 Å². The summed E-state index contributed by atoms with van der Waals surface area (Å²) in [6.45, 7) is 16.9.